The number of carbonyl (C=O) groups is 1. The Morgan fingerprint density at radius 1 is 1.28 bits per heavy atom. The number of morpholine rings is 1. The average Bonchev–Trinajstić information content (AvgIpc) is 2.63. The maximum atomic E-state index is 12.4. The molecule has 134 valence electrons. The molecule has 7 nitrogen and oxygen atoms in total. The van der Waals surface area contributed by atoms with Crippen molar-refractivity contribution in [2.24, 2.45) is 0 Å². The van der Waals surface area contributed by atoms with E-state index in [1.54, 1.807) is 18.2 Å². The van der Waals surface area contributed by atoms with Gasteiger partial charge in [0.15, 0.2) is 0 Å². The van der Waals surface area contributed by atoms with Crippen LogP contribution in [0.3, 0.4) is 0 Å². The number of rotatable bonds is 5. The van der Waals surface area contributed by atoms with Crippen molar-refractivity contribution in [3.63, 3.8) is 0 Å². The lowest BCUT2D eigenvalue weighted by atomic mass is 10.0. The first-order chi connectivity index (χ1) is 12.0. The van der Waals surface area contributed by atoms with E-state index in [4.69, 9.17) is 4.74 Å². The molecule has 1 aliphatic rings. The fourth-order valence-corrected chi connectivity index (χ4v) is 3.02. The summed E-state index contributed by atoms with van der Waals surface area (Å²) in [4.78, 5) is 31.3. The highest BCUT2D eigenvalue weighted by molar-refractivity contribution is 5.78. The molecule has 1 aliphatic heterocycles. The number of para-hydroxylation sites is 1. The standard InChI is InChI=1S/C18H24N4O3/c1-18(2,22-7-9-25-10-8-22)12-19-16(23)11-21-13-20-15-6-4-3-5-14(15)17(21)24/h3-6,13H,7-12H2,1-2H3,(H,19,23). The molecule has 1 fully saturated rings. The normalized spacial score (nSPS) is 16.1. The zero-order valence-corrected chi connectivity index (χ0v) is 14.7. The van der Waals surface area contributed by atoms with E-state index in [9.17, 15) is 9.59 Å². The van der Waals surface area contributed by atoms with Gasteiger partial charge >= 0.3 is 0 Å². The summed E-state index contributed by atoms with van der Waals surface area (Å²) in [6, 6.07) is 7.13. The van der Waals surface area contributed by atoms with E-state index in [0.717, 1.165) is 26.3 Å². The van der Waals surface area contributed by atoms with Crippen LogP contribution in [0.15, 0.2) is 35.4 Å². The monoisotopic (exact) mass is 344 g/mol. The highest BCUT2D eigenvalue weighted by Gasteiger charge is 2.28. The molecule has 1 aromatic carbocycles. The fourth-order valence-electron chi connectivity index (χ4n) is 3.02. The maximum absolute atomic E-state index is 12.4. The van der Waals surface area contributed by atoms with Crippen molar-refractivity contribution in [2.45, 2.75) is 25.9 Å². The number of benzene rings is 1. The van der Waals surface area contributed by atoms with Crippen LogP contribution in [-0.2, 0) is 16.1 Å². The molecule has 7 heteroatoms. The van der Waals surface area contributed by atoms with Gasteiger partial charge in [0.25, 0.3) is 5.56 Å². The number of hydrogen-bond donors (Lipinski definition) is 1. The number of hydrogen-bond acceptors (Lipinski definition) is 5. The van der Waals surface area contributed by atoms with Gasteiger partial charge in [-0.1, -0.05) is 12.1 Å². The van der Waals surface area contributed by atoms with Crippen LogP contribution in [0.5, 0.6) is 0 Å². The summed E-state index contributed by atoms with van der Waals surface area (Å²) < 4.78 is 6.72. The highest BCUT2D eigenvalue weighted by atomic mass is 16.5. The minimum absolute atomic E-state index is 0.0319. The van der Waals surface area contributed by atoms with E-state index in [-0.39, 0.29) is 23.6 Å². The van der Waals surface area contributed by atoms with Crippen LogP contribution < -0.4 is 10.9 Å². The molecule has 25 heavy (non-hydrogen) atoms. The van der Waals surface area contributed by atoms with E-state index in [1.807, 2.05) is 6.07 Å². The number of amides is 1. The lowest BCUT2D eigenvalue weighted by Crippen LogP contribution is -2.55. The summed E-state index contributed by atoms with van der Waals surface area (Å²) in [7, 11) is 0. The van der Waals surface area contributed by atoms with E-state index < -0.39 is 0 Å². The second-order valence-corrected chi connectivity index (χ2v) is 6.88. The van der Waals surface area contributed by atoms with Crippen molar-refractivity contribution in [3.05, 3.63) is 40.9 Å². The van der Waals surface area contributed by atoms with Crippen LogP contribution in [-0.4, -0.2) is 58.7 Å². The summed E-state index contributed by atoms with van der Waals surface area (Å²) in [5.41, 5.74) is 0.275. The molecule has 1 amide bonds. The van der Waals surface area contributed by atoms with E-state index >= 15 is 0 Å². The minimum Gasteiger partial charge on any atom is -0.379 e. The highest BCUT2D eigenvalue weighted by Crippen LogP contribution is 2.15. The van der Waals surface area contributed by atoms with Crippen molar-refractivity contribution in [1.29, 1.82) is 0 Å². The SMILES string of the molecule is CC(C)(CNC(=O)Cn1cnc2ccccc2c1=O)N1CCOCC1. The molecule has 0 atom stereocenters. The van der Waals surface area contributed by atoms with Crippen LogP contribution in [0.1, 0.15) is 13.8 Å². The molecule has 1 aromatic heterocycles. The van der Waals surface area contributed by atoms with Crippen molar-refractivity contribution < 1.29 is 9.53 Å². The summed E-state index contributed by atoms with van der Waals surface area (Å²) in [6.07, 6.45) is 1.43. The average molecular weight is 344 g/mol. The Morgan fingerprint density at radius 3 is 2.76 bits per heavy atom. The summed E-state index contributed by atoms with van der Waals surface area (Å²) >= 11 is 0. The van der Waals surface area contributed by atoms with Gasteiger partial charge in [-0.15, -0.1) is 0 Å². The molecule has 0 aliphatic carbocycles. The summed E-state index contributed by atoms with van der Waals surface area (Å²) in [6.45, 7) is 7.83. The van der Waals surface area contributed by atoms with E-state index in [1.165, 1.54) is 10.9 Å². The van der Waals surface area contributed by atoms with Gasteiger partial charge in [-0.2, -0.15) is 0 Å². The number of nitrogens with one attached hydrogen (secondary N) is 1. The third-order valence-corrected chi connectivity index (χ3v) is 4.63. The summed E-state index contributed by atoms with van der Waals surface area (Å²) in [5, 5.41) is 3.45. The Morgan fingerprint density at radius 2 is 2.00 bits per heavy atom. The first-order valence-corrected chi connectivity index (χ1v) is 8.51. The van der Waals surface area contributed by atoms with Gasteiger partial charge in [0.05, 0.1) is 30.4 Å². The Balaban J connectivity index is 1.63. The molecule has 0 unspecified atom stereocenters. The smallest absolute Gasteiger partial charge is 0.261 e. The predicted molar refractivity (Wildman–Crippen MR) is 95.5 cm³/mol. The lowest BCUT2D eigenvalue weighted by Gasteiger charge is -2.40. The van der Waals surface area contributed by atoms with Gasteiger partial charge in [0.1, 0.15) is 6.54 Å². The van der Waals surface area contributed by atoms with Crippen molar-refractivity contribution in [2.75, 3.05) is 32.8 Å². The van der Waals surface area contributed by atoms with Crippen LogP contribution in [0, 0.1) is 0 Å². The largest absolute Gasteiger partial charge is 0.379 e. The van der Waals surface area contributed by atoms with Crippen LogP contribution in [0.4, 0.5) is 0 Å². The zero-order chi connectivity index (χ0) is 17.9. The second-order valence-electron chi connectivity index (χ2n) is 6.88. The van der Waals surface area contributed by atoms with Gasteiger partial charge in [0.2, 0.25) is 5.91 Å². The maximum Gasteiger partial charge on any atom is 0.261 e. The number of ether oxygens (including phenoxy) is 1. The van der Waals surface area contributed by atoms with E-state index in [2.05, 4.69) is 29.0 Å². The molecule has 2 heterocycles. The van der Waals surface area contributed by atoms with Crippen LogP contribution in [0.2, 0.25) is 0 Å². The third-order valence-electron chi connectivity index (χ3n) is 4.63. The number of carbonyl (C=O) groups excluding carboxylic acids is 1. The van der Waals surface area contributed by atoms with Crippen molar-refractivity contribution in [1.82, 2.24) is 19.8 Å². The van der Waals surface area contributed by atoms with Gasteiger partial charge in [0, 0.05) is 25.2 Å². The third kappa shape index (κ3) is 4.05. The molecule has 1 N–H and O–H groups in total. The molecule has 1 saturated heterocycles. The Kier molecular flexibility index (Phi) is 5.15. The molecule has 0 spiro atoms. The van der Waals surface area contributed by atoms with Gasteiger partial charge in [-0.05, 0) is 26.0 Å². The number of aromatic nitrogens is 2. The fraction of sp³-hybridized carbons (Fsp3) is 0.500. The first kappa shape index (κ1) is 17.6. The topological polar surface area (TPSA) is 76.5 Å². The zero-order valence-electron chi connectivity index (χ0n) is 14.7. The van der Waals surface area contributed by atoms with Crippen LogP contribution in [0.25, 0.3) is 10.9 Å². The van der Waals surface area contributed by atoms with Crippen LogP contribution >= 0.6 is 0 Å². The second kappa shape index (κ2) is 7.33. The molecule has 0 radical (unpaired) electrons. The Hall–Kier alpha value is -2.25. The van der Waals surface area contributed by atoms with Gasteiger partial charge in [-0.3, -0.25) is 19.1 Å². The predicted octanol–water partition coefficient (Wildman–Crippen LogP) is 0.623. The van der Waals surface area contributed by atoms with Crippen molar-refractivity contribution >= 4 is 16.8 Å². The number of fused-ring (bicyclic) bond motifs is 1. The lowest BCUT2D eigenvalue weighted by molar-refractivity contribution is -0.122. The van der Waals surface area contributed by atoms with Crippen molar-refractivity contribution in [3.8, 4) is 0 Å². The molecule has 0 saturated carbocycles. The van der Waals surface area contributed by atoms with E-state index in [0.29, 0.717) is 17.4 Å². The Labute approximate surface area is 146 Å². The molecular weight excluding hydrogens is 320 g/mol. The molecule has 0 bridgehead atoms. The van der Waals surface area contributed by atoms with Gasteiger partial charge in [-0.25, -0.2) is 4.98 Å². The first-order valence-electron chi connectivity index (χ1n) is 8.51. The Bertz CT molecular complexity index is 809. The molecule has 2 aromatic rings. The summed E-state index contributed by atoms with van der Waals surface area (Å²) in [5.74, 6) is -0.194. The number of nitrogens with zero attached hydrogens (tertiary/aromatic N) is 3. The quantitative estimate of drug-likeness (QED) is 0.861. The minimum atomic E-state index is -0.201. The molecular formula is C18H24N4O3. The molecule has 3 rings (SSSR count). The van der Waals surface area contributed by atoms with Gasteiger partial charge < -0.3 is 10.1 Å².